The van der Waals surface area contributed by atoms with E-state index >= 15 is 0 Å². The SMILES string of the molecule is CCC1CCN(C2(CN)CCCN(CC)CC2)C1. The molecule has 0 aliphatic carbocycles. The Balaban J connectivity index is 2.01. The predicted octanol–water partition coefficient (Wildman–Crippen LogP) is 1.92. The highest BCUT2D eigenvalue weighted by Gasteiger charge is 2.39. The summed E-state index contributed by atoms with van der Waals surface area (Å²) in [7, 11) is 0. The molecular formula is C15H31N3. The Labute approximate surface area is 113 Å². The fourth-order valence-corrected chi connectivity index (χ4v) is 3.80. The van der Waals surface area contributed by atoms with Crippen LogP contribution in [0.1, 0.15) is 46.0 Å². The summed E-state index contributed by atoms with van der Waals surface area (Å²) in [4.78, 5) is 5.32. The lowest BCUT2D eigenvalue weighted by atomic mass is 9.88. The first-order valence-electron chi connectivity index (χ1n) is 7.91. The second-order valence-electron chi connectivity index (χ2n) is 6.23. The van der Waals surface area contributed by atoms with Gasteiger partial charge in [-0.05, 0) is 57.8 Å². The lowest BCUT2D eigenvalue weighted by Crippen LogP contribution is -2.53. The van der Waals surface area contributed by atoms with Crippen LogP contribution in [0.2, 0.25) is 0 Å². The fourth-order valence-electron chi connectivity index (χ4n) is 3.80. The van der Waals surface area contributed by atoms with Crippen LogP contribution in [0.4, 0.5) is 0 Å². The van der Waals surface area contributed by atoms with Gasteiger partial charge in [0.05, 0.1) is 0 Å². The van der Waals surface area contributed by atoms with E-state index in [4.69, 9.17) is 5.73 Å². The average Bonchev–Trinajstić information content (AvgIpc) is 2.79. The monoisotopic (exact) mass is 253 g/mol. The molecule has 0 aromatic carbocycles. The average molecular weight is 253 g/mol. The molecule has 2 N–H and O–H groups in total. The summed E-state index contributed by atoms with van der Waals surface area (Å²) in [6.07, 6.45) is 6.61. The fraction of sp³-hybridized carbons (Fsp3) is 1.00. The summed E-state index contributed by atoms with van der Waals surface area (Å²) in [5.74, 6) is 0.916. The minimum absolute atomic E-state index is 0.313. The van der Waals surface area contributed by atoms with Crippen LogP contribution in [0.3, 0.4) is 0 Å². The third kappa shape index (κ3) is 2.89. The Bertz CT molecular complexity index is 256. The minimum Gasteiger partial charge on any atom is -0.329 e. The second-order valence-corrected chi connectivity index (χ2v) is 6.23. The van der Waals surface area contributed by atoms with Crippen molar-refractivity contribution in [2.75, 3.05) is 39.3 Å². The maximum atomic E-state index is 6.20. The van der Waals surface area contributed by atoms with Crippen molar-refractivity contribution >= 4 is 0 Å². The van der Waals surface area contributed by atoms with E-state index in [1.165, 1.54) is 64.8 Å². The topological polar surface area (TPSA) is 32.5 Å². The lowest BCUT2D eigenvalue weighted by molar-refractivity contribution is 0.100. The van der Waals surface area contributed by atoms with Crippen LogP contribution in [-0.2, 0) is 0 Å². The van der Waals surface area contributed by atoms with E-state index in [9.17, 15) is 0 Å². The predicted molar refractivity (Wildman–Crippen MR) is 77.7 cm³/mol. The highest BCUT2D eigenvalue weighted by atomic mass is 15.2. The van der Waals surface area contributed by atoms with E-state index in [-0.39, 0.29) is 0 Å². The molecule has 0 radical (unpaired) electrons. The van der Waals surface area contributed by atoms with Crippen LogP contribution >= 0.6 is 0 Å². The molecule has 2 heterocycles. The molecule has 2 rings (SSSR count). The quantitative estimate of drug-likeness (QED) is 0.831. The van der Waals surface area contributed by atoms with Crippen molar-refractivity contribution in [2.45, 2.75) is 51.5 Å². The molecule has 2 unspecified atom stereocenters. The number of rotatable bonds is 4. The summed E-state index contributed by atoms with van der Waals surface area (Å²) >= 11 is 0. The van der Waals surface area contributed by atoms with Gasteiger partial charge in [0.1, 0.15) is 0 Å². The first kappa shape index (κ1) is 14.3. The molecule has 2 fully saturated rings. The molecular weight excluding hydrogens is 222 g/mol. The lowest BCUT2D eigenvalue weighted by Gasteiger charge is -2.41. The highest BCUT2D eigenvalue weighted by Crippen LogP contribution is 2.33. The highest BCUT2D eigenvalue weighted by molar-refractivity contribution is 4.97. The molecule has 18 heavy (non-hydrogen) atoms. The van der Waals surface area contributed by atoms with Gasteiger partial charge < -0.3 is 10.6 Å². The van der Waals surface area contributed by atoms with E-state index < -0.39 is 0 Å². The molecule has 0 amide bonds. The van der Waals surface area contributed by atoms with Gasteiger partial charge in [-0.15, -0.1) is 0 Å². The molecule has 2 saturated heterocycles. The zero-order valence-corrected chi connectivity index (χ0v) is 12.3. The van der Waals surface area contributed by atoms with Crippen molar-refractivity contribution < 1.29 is 0 Å². The molecule has 0 spiro atoms. The Morgan fingerprint density at radius 3 is 2.61 bits per heavy atom. The molecule has 0 aromatic heterocycles. The smallest absolute Gasteiger partial charge is 0.0344 e. The van der Waals surface area contributed by atoms with Gasteiger partial charge in [-0.2, -0.15) is 0 Å². The Hall–Kier alpha value is -0.120. The van der Waals surface area contributed by atoms with Crippen molar-refractivity contribution in [3.05, 3.63) is 0 Å². The van der Waals surface area contributed by atoms with E-state index in [1.807, 2.05) is 0 Å². The van der Waals surface area contributed by atoms with E-state index in [0.717, 1.165) is 12.5 Å². The summed E-state index contributed by atoms with van der Waals surface area (Å²) in [5, 5.41) is 0. The number of likely N-dealkylation sites (tertiary alicyclic amines) is 2. The number of nitrogens with two attached hydrogens (primary N) is 1. The van der Waals surface area contributed by atoms with Gasteiger partial charge in [-0.3, -0.25) is 4.90 Å². The normalized spacial score (nSPS) is 35.8. The molecule has 106 valence electrons. The zero-order valence-electron chi connectivity index (χ0n) is 12.3. The molecule has 3 nitrogen and oxygen atoms in total. The van der Waals surface area contributed by atoms with Crippen LogP contribution in [0.5, 0.6) is 0 Å². The van der Waals surface area contributed by atoms with Crippen molar-refractivity contribution in [3.8, 4) is 0 Å². The molecule has 3 heteroatoms. The summed E-state index contributed by atoms with van der Waals surface area (Å²) in [6, 6.07) is 0. The summed E-state index contributed by atoms with van der Waals surface area (Å²) < 4.78 is 0. The largest absolute Gasteiger partial charge is 0.329 e. The van der Waals surface area contributed by atoms with Gasteiger partial charge in [0.15, 0.2) is 0 Å². The number of hydrogen-bond acceptors (Lipinski definition) is 3. The zero-order chi connectivity index (χ0) is 13.0. The first-order valence-corrected chi connectivity index (χ1v) is 7.91. The molecule has 2 atom stereocenters. The Kier molecular flexibility index (Phi) is 5.05. The molecule has 0 aromatic rings. The van der Waals surface area contributed by atoms with E-state index in [1.54, 1.807) is 0 Å². The molecule has 2 aliphatic rings. The Morgan fingerprint density at radius 1 is 1.17 bits per heavy atom. The minimum atomic E-state index is 0.313. The van der Waals surface area contributed by atoms with Crippen LogP contribution in [0.25, 0.3) is 0 Å². The van der Waals surface area contributed by atoms with Gasteiger partial charge >= 0.3 is 0 Å². The number of hydrogen-bond donors (Lipinski definition) is 1. The van der Waals surface area contributed by atoms with Crippen LogP contribution in [0.15, 0.2) is 0 Å². The van der Waals surface area contributed by atoms with Gasteiger partial charge in [-0.25, -0.2) is 0 Å². The maximum absolute atomic E-state index is 6.20. The first-order chi connectivity index (χ1) is 8.74. The van der Waals surface area contributed by atoms with Crippen molar-refractivity contribution in [1.82, 2.24) is 9.80 Å². The van der Waals surface area contributed by atoms with Crippen LogP contribution in [-0.4, -0.2) is 54.6 Å². The third-order valence-electron chi connectivity index (χ3n) is 5.37. The van der Waals surface area contributed by atoms with Gasteiger partial charge in [0.25, 0.3) is 0 Å². The van der Waals surface area contributed by atoms with Gasteiger partial charge in [0, 0.05) is 18.6 Å². The third-order valence-corrected chi connectivity index (χ3v) is 5.37. The second kappa shape index (κ2) is 6.36. The Morgan fingerprint density at radius 2 is 2.00 bits per heavy atom. The maximum Gasteiger partial charge on any atom is 0.0344 e. The molecule has 2 aliphatic heterocycles. The standard InChI is InChI=1S/C15H31N3/c1-3-14-6-10-18(12-14)15(13-16)7-5-9-17(4-2)11-8-15/h14H,3-13,16H2,1-2H3. The van der Waals surface area contributed by atoms with Crippen LogP contribution in [0, 0.1) is 5.92 Å². The van der Waals surface area contributed by atoms with Gasteiger partial charge in [0.2, 0.25) is 0 Å². The van der Waals surface area contributed by atoms with Crippen molar-refractivity contribution in [2.24, 2.45) is 11.7 Å². The molecule has 0 bridgehead atoms. The summed E-state index contributed by atoms with van der Waals surface area (Å²) in [5.41, 5.74) is 6.51. The van der Waals surface area contributed by atoms with Crippen LogP contribution < -0.4 is 5.73 Å². The molecule has 0 saturated carbocycles. The van der Waals surface area contributed by atoms with E-state index in [0.29, 0.717) is 5.54 Å². The van der Waals surface area contributed by atoms with Crippen molar-refractivity contribution in [3.63, 3.8) is 0 Å². The van der Waals surface area contributed by atoms with Gasteiger partial charge in [-0.1, -0.05) is 20.3 Å². The summed E-state index contributed by atoms with van der Waals surface area (Å²) in [6.45, 7) is 11.7. The van der Waals surface area contributed by atoms with Crippen molar-refractivity contribution in [1.29, 1.82) is 0 Å². The van der Waals surface area contributed by atoms with E-state index in [2.05, 4.69) is 23.6 Å². The number of nitrogens with zero attached hydrogens (tertiary/aromatic N) is 2.